The molecule has 2 aromatic heterocycles. The molecule has 0 amide bonds. The molecular weight excluding hydrogens is 338 g/mol. The maximum atomic E-state index is 12.1. The van der Waals surface area contributed by atoms with E-state index in [0.29, 0.717) is 15.0 Å². The van der Waals surface area contributed by atoms with Gasteiger partial charge in [0, 0.05) is 12.6 Å². The summed E-state index contributed by atoms with van der Waals surface area (Å²) in [4.78, 5) is 12.8. The number of benzene rings is 1. The summed E-state index contributed by atoms with van der Waals surface area (Å²) in [5, 5.41) is 9.08. The molecule has 112 valence electrons. The van der Waals surface area contributed by atoms with Gasteiger partial charge in [0.2, 0.25) is 0 Å². The molecule has 0 fully saturated rings. The van der Waals surface area contributed by atoms with Crippen molar-refractivity contribution in [3.8, 4) is 11.4 Å². The van der Waals surface area contributed by atoms with Crippen molar-refractivity contribution in [2.45, 2.75) is 5.16 Å². The second-order valence-corrected chi connectivity index (χ2v) is 7.20. The van der Waals surface area contributed by atoms with Gasteiger partial charge in [-0.2, -0.15) is 0 Å². The van der Waals surface area contributed by atoms with E-state index in [1.165, 1.54) is 23.1 Å². The maximum absolute atomic E-state index is 12.1. The second-order valence-electron chi connectivity index (χ2n) is 4.55. The number of thioether (sulfide) groups is 1. The van der Waals surface area contributed by atoms with Crippen molar-refractivity contribution in [2.24, 2.45) is 7.05 Å². The van der Waals surface area contributed by atoms with Crippen LogP contribution in [0.4, 0.5) is 0 Å². The Morgan fingerprint density at radius 3 is 2.68 bits per heavy atom. The fourth-order valence-corrected chi connectivity index (χ4v) is 3.81. The van der Waals surface area contributed by atoms with Gasteiger partial charge in [0.1, 0.15) is 0 Å². The van der Waals surface area contributed by atoms with Crippen molar-refractivity contribution in [2.75, 3.05) is 5.75 Å². The summed E-state index contributed by atoms with van der Waals surface area (Å²) in [5.74, 6) is 1.15. The van der Waals surface area contributed by atoms with Crippen LogP contribution in [-0.4, -0.2) is 26.3 Å². The predicted molar refractivity (Wildman–Crippen MR) is 90.8 cm³/mol. The minimum Gasteiger partial charge on any atom is -0.305 e. The van der Waals surface area contributed by atoms with Gasteiger partial charge in [-0.05, 0) is 12.1 Å². The molecule has 1 aromatic carbocycles. The van der Waals surface area contributed by atoms with Crippen molar-refractivity contribution < 1.29 is 4.79 Å². The molecule has 4 nitrogen and oxygen atoms in total. The SMILES string of the molecule is Cn1c(SCC(=O)c2ccc(Cl)s2)nnc1-c1ccccc1. The Bertz CT molecular complexity index is 798. The normalized spacial score (nSPS) is 10.8. The van der Waals surface area contributed by atoms with E-state index in [-0.39, 0.29) is 5.78 Å². The predicted octanol–water partition coefficient (Wildman–Crippen LogP) is 4.17. The third kappa shape index (κ3) is 3.24. The quantitative estimate of drug-likeness (QED) is 0.512. The Morgan fingerprint density at radius 2 is 2.00 bits per heavy atom. The first-order valence-electron chi connectivity index (χ1n) is 6.51. The standard InChI is InChI=1S/C15H12ClN3OS2/c1-19-14(10-5-3-2-4-6-10)17-18-15(19)21-9-11(20)12-7-8-13(16)22-12/h2-8H,9H2,1H3. The molecule has 3 rings (SSSR count). The number of nitrogens with zero attached hydrogens (tertiary/aromatic N) is 3. The molecule has 22 heavy (non-hydrogen) atoms. The Labute approximate surface area is 141 Å². The summed E-state index contributed by atoms with van der Waals surface area (Å²) in [6.07, 6.45) is 0. The van der Waals surface area contributed by atoms with Crippen LogP contribution in [-0.2, 0) is 7.05 Å². The van der Waals surface area contributed by atoms with Crippen LogP contribution in [0.15, 0.2) is 47.6 Å². The van der Waals surface area contributed by atoms with Gasteiger partial charge < -0.3 is 4.57 Å². The molecule has 3 aromatic rings. The zero-order chi connectivity index (χ0) is 15.5. The molecule has 0 atom stereocenters. The molecule has 0 aliphatic rings. The number of halogens is 1. The first-order valence-corrected chi connectivity index (χ1v) is 8.69. The van der Waals surface area contributed by atoms with E-state index < -0.39 is 0 Å². The van der Waals surface area contributed by atoms with Gasteiger partial charge in [-0.1, -0.05) is 53.7 Å². The van der Waals surface area contributed by atoms with Gasteiger partial charge >= 0.3 is 0 Å². The second kappa shape index (κ2) is 6.64. The number of carbonyl (C=O) groups is 1. The van der Waals surface area contributed by atoms with Gasteiger partial charge in [-0.25, -0.2) is 0 Å². The van der Waals surface area contributed by atoms with Crippen molar-refractivity contribution in [3.05, 3.63) is 51.7 Å². The maximum Gasteiger partial charge on any atom is 0.191 e. The molecule has 0 radical (unpaired) electrons. The van der Waals surface area contributed by atoms with Crippen LogP contribution in [0.1, 0.15) is 9.67 Å². The monoisotopic (exact) mass is 349 g/mol. The summed E-state index contributed by atoms with van der Waals surface area (Å²) in [5.41, 5.74) is 1.00. The number of thiophene rings is 1. The van der Waals surface area contributed by atoms with Crippen LogP contribution in [0, 0.1) is 0 Å². The van der Waals surface area contributed by atoms with Crippen LogP contribution >= 0.6 is 34.7 Å². The number of hydrogen-bond acceptors (Lipinski definition) is 5. The number of Topliss-reactive ketones (excluding diaryl/α,β-unsaturated/α-hetero) is 1. The number of carbonyl (C=O) groups excluding carboxylic acids is 1. The van der Waals surface area contributed by atoms with Crippen molar-refractivity contribution in [1.29, 1.82) is 0 Å². The van der Waals surface area contributed by atoms with E-state index in [1.807, 2.05) is 41.9 Å². The lowest BCUT2D eigenvalue weighted by Gasteiger charge is -2.03. The molecule has 0 saturated carbocycles. The molecule has 0 spiro atoms. The van der Waals surface area contributed by atoms with E-state index in [1.54, 1.807) is 12.1 Å². The fraction of sp³-hybridized carbons (Fsp3) is 0.133. The zero-order valence-electron chi connectivity index (χ0n) is 11.7. The highest BCUT2D eigenvalue weighted by molar-refractivity contribution is 7.99. The van der Waals surface area contributed by atoms with Gasteiger partial charge in [0.05, 0.1) is 15.0 Å². The smallest absolute Gasteiger partial charge is 0.191 e. The number of aromatic nitrogens is 3. The fourth-order valence-electron chi connectivity index (χ4n) is 1.94. The minimum absolute atomic E-state index is 0.0474. The molecule has 7 heteroatoms. The molecule has 0 saturated heterocycles. The van der Waals surface area contributed by atoms with E-state index in [4.69, 9.17) is 11.6 Å². The van der Waals surface area contributed by atoms with Gasteiger partial charge in [-0.15, -0.1) is 21.5 Å². The van der Waals surface area contributed by atoms with Crippen LogP contribution in [0.5, 0.6) is 0 Å². The van der Waals surface area contributed by atoms with Crippen LogP contribution in [0.3, 0.4) is 0 Å². The molecular formula is C15H12ClN3OS2. The number of hydrogen-bond donors (Lipinski definition) is 0. The number of ketones is 1. The summed E-state index contributed by atoms with van der Waals surface area (Å²) in [7, 11) is 1.90. The minimum atomic E-state index is 0.0474. The van der Waals surface area contributed by atoms with E-state index in [0.717, 1.165) is 16.5 Å². The highest BCUT2D eigenvalue weighted by Crippen LogP contribution is 2.26. The van der Waals surface area contributed by atoms with Crippen molar-refractivity contribution in [1.82, 2.24) is 14.8 Å². The third-order valence-electron chi connectivity index (χ3n) is 3.05. The van der Waals surface area contributed by atoms with E-state index >= 15 is 0 Å². The van der Waals surface area contributed by atoms with Crippen molar-refractivity contribution in [3.63, 3.8) is 0 Å². The summed E-state index contributed by atoms with van der Waals surface area (Å²) in [6.45, 7) is 0. The Balaban J connectivity index is 1.72. The Hall–Kier alpha value is -1.63. The first kappa shape index (κ1) is 15.3. The first-order chi connectivity index (χ1) is 10.6. The average molecular weight is 350 g/mol. The molecule has 0 bridgehead atoms. The summed E-state index contributed by atoms with van der Waals surface area (Å²) in [6, 6.07) is 13.3. The highest BCUT2D eigenvalue weighted by Gasteiger charge is 2.14. The van der Waals surface area contributed by atoms with E-state index in [9.17, 15) is 4.79 Å². The molecule has 0 N–H and O–H groups in total. The zero-order valence-corrected chi connectivity index (χ0v) is 14.1. The summed E-state index contributed by atoms with van der Waals surface area (Å²) >= 11 is 8.53. The van der Waals surface area contributed by atoms with Crippen molar-refractivity contribution >= 4 is 40.5 Å². The Kier molecular flexibility index (Phi) is 4.61. The molecule has 2 heterocycles. The molecule has 0 aliphatic carbocycles. The van der Waals surface area contributed by atoms with Gasteiger partial charge in [-0.3, -0.25) is 4.79 Å². The lowest BCUT2D eigenvalue weighted by Crippen LogP contribution is -2.01. The van der Waals surface area contributed by atoms with Crippen LogP contribution < -0.4 is 0 Å². The summed E-state index contributed by atoms with van der Waals surface area (Å²) < 4.78 is 2.52. The topological polar surface area (TPSA) is 47.8 Å². The molecule has 0 unspecified atom stereocenters. The van der Waals surface area contributed by atoms with E-state index in [2.05, 4.69) is 10.2 Å². The van der Waals surface area contributed by atoms with Gasteiger partial charge in [0.25, 0.3) is 0 Å². The highest BCUT2D eigenvalue weighted by atomic mass is 35.5. The molecule has 0 aliphatic heterocycles. The third-order valence-corrected chi connectivity index (χ3v) is 5.34. The van der Waals surface area contributed by atoms with Crippen LogP contribution in [0.2, 0.25) is 4.34 Å². The average Bonchev–Trinajstić information content (AvgIpc) is 3.12. The Morgan fingerprint density at radius 1 is 1.23 bits per heavy atom. The lowest BCUT2D eigenvalue weighted by molar-refractivity contribution is 0.102. The largest absolute Gasteiger partial charge is 0.305 e. The lowest BCUT2D eigenvalue weighted by atomic mass is 10.2. The van der Waals surface area contributed by atoms with Crippen LogP contribution in [0.25, 0.3) is 11.4 Å². The number of rotatable bonds is 5. The van der Waals surface area contributed by atoms with Gasteiger partial charge in [0.15, 0.2) is 16.8 Å².